The first kappa shape index (κ1) is 22.1. The van der Waals surface area contributed by atoms with Crippen LogP contribution in [-0.2, 0) is 15.3 Å². The van der Waals surface area contributed by atoms with Crippen LogP contribution >= 0.6 is 11.8 Å². The van der Waals surface area contributed by atoms with Crippen LogP contribution in [0, 0.1) is 23.2 Å². The number of benzene rings is 1. The smallest absolute Gasteiger partial charge is 0.247 e. The highest BCUT2D eigenvalue weighted by atomic mass is 32.2. The van der Waals surface area contributed by atoms with Crippen LogP contribution in [0.15, 0.2) is 53.7 Å². The summed E-state index contributed by atoms with van der Waals surface area (Å²) in [5.41, 5.74) is 1.81. The number of rotatable bonds is 6. The number of anilines is 1. The summed E-state index contributed by atoms with van der Waals surface area (Å²) < 4.78 is 0. The Kier molecular flexibility index (Phi) is 5.88. The third-order valence-corrected chi connectivity index (χ3v) is 9.64. The van der Waals surface area contributed by atoms with Crippen molar-refractivity contribution < 1.29 is 9.59 Å². The Morgan fingerprint density at radius 3 is 2.38 bits per heavy atom. The van der Waals surface area contributed by atoms with Crippen molar-refractivity contribution in [3.8, 4) is 0 Å². The van der Waals surface area contributed by atoms with Gasteiger partial charge in [-0.1, -0.05) is 6.07 Å². The molecule has 0 spiro atoms. The number of pyridine rings is 1. The average molecular weight is 476 g/mol. The average Bonchev–Trinajstić information content (AvgIpc) is 3.33. The molecule has 1 aromatic carbocycles. The molecule has 5 aliphatic rings. The molecule has 1 atom stereocenters. The number of thioether (sulfide) groups is 1. The Hall–Kier alpha value is -2.34. The van der Waals surface area contributed by atoms with Gasteiger partial charge in [-0.15, -0.1) is 11.8 Å². The minimum absolute atomic E-state index is 0.0358. The van der Waals surface area contributed by atoms with E-state index >= 15 is 0 Å². The number of hydrogen-bond donors (Lipinski definition) is 1. The van der Waals surface area contributed by atoms with Gasteiger partial charge in [-0.05, 0) is 105 Å². The molecule has 2 heterocycles. The lowest BCUT2D eigenvalue weighted by Crippen LogP contribution is -2.56. The van der Waals surface area contributed by atoms with E-state index in [1.165, 1.54) is 24.8 Å². The van der Waals surface area contributed by atoms with Gasteiger partial charge in [0.1, 0.15) is 6.04 Å². The number of hydrogen-bond acceptors (Lipinski definition) is 4. The van der Waals surface area contributed by atoms with Gasteiger partial charge >= 0.3 is 0 Å². The molecular formula is C28H33N3O2S. The molecule has 1 saturated heterocycles. The topological polar surface area (TPSA) is 62.3 Å². The first-order chi connectivity index (χ1) is 16.6. The fourth-order valence-electron chi connectivity index (χ4n) is 7.47. The molecule has 178 valence electrons. The van der Waals surface area contributed by atoms with E-state index in [1.54, 1.807) is 18.0 Å². The SMILES string of the molecule is O=C(Nc1ccc(SCc2cccnc2)cc1)[C@@H]1CCCN1C(=O)C12CC3CC(CC(C3)C1)C2. The van der Waals surface area contributed by atoms with E-state index in [4.69, 9.17) is 0 Å². The second-order valence-electron chi connectivity index (χ2n) is 11.0. The minimum Gasteiger partial charge on any atom is -0.330 e. The summed E-state index contributed by atoms with van der Waals surface area (Å²) in [6, 6.07) is 11.7. The van der Waals surface area contributed by atoms with E-state index in [2.05, 4.69) is 16.4 Å². The number of likely N-dealkylation sites (tertiary alicyclic amines) is 1. The maximum atomic E-state index is 13.8. The summed E-state index contributed by atoms with van der Waals surface area (Å²) in [5, 5.41) is 3.09. The number of aromatic nitrogens is 1. The van der Waals surface area contributed by atoms with Crippen LogP contribution < -0.4 is 5.32 Å². The third kappa shape index (κ3) is 4.26. The van der Waals surface area contributed by atoms with Gasteiger partial charge in [-0.2, -0.15) is 0 Å². The van der Waals surface area contributed by atoms with Gasteiger partial charge in [-0.3, -0.25) is 14.6 Å². The summed E-state index contributed by atoms with van der Waals surface area (Å²) in [6.07, 6.45) is 12.5. The van der Waals surface area contributed by atoms with Crippen LogP contribution in [0.5, 0.6) is 0 Å². The lowest BCUT2D eigenvalue weighted by Gasteiger charge is -2.56. The van der Waals surface area contributed by atoms with Gasteiger partial charge in [0, 0.05) is 35.3 Å². The molecule has 4 aliphatic carbocycles. The normalized spacial score (nSPS) is 31.6. The van der Waals surface area contributed by atoms with Gasteiger partial charge in [0.25, 0.3) is 0 Å². The summed E-state index contributed by atoms with van der Waals surface area (Å²) in [7, 11) is 0. The van der Waals surface area contributed by atoms with Crippen LogP contribution in [0.25, 0.3) is 0 Å². The highest BCUT2D eigenvalue weighted by molar-refractivity contribution is 7.98. The first-order valence-electron chi connectivity index (χ1n) is 12.8. The number of carbonyl (C=O) groups excluding carboxylic acids is 2. The third-order valence-electron chi connectivity index (χ3n) is 8.56. The monoisotopic (exact) mass is 475 g/mol. The zero-order valence-corrected chi connectivity index (χ0v) is 20.4. The molecule has 1 N–H and O–H groups in total. The molecule has 0 unspecified atom stereocenters. The second kappa shape index (κ2) is 9.03. The number of nitrogens with zero attached hydrogens (tertiary/aromatic N) is 2. The number of nitrogens with one attached hydrogen (secondary N) is 1. The maximum Gasteiger partial charge on any atom is 0.247 e. The van der Waals surface area contributed by atoms with Crippen molar-refractivity contribution in [3.63, 3.8) is 0 Å². The Morgan fingerprint density at radius 1 is 1.03 bits per heavy atom. The fourth-order valence-corrected chi connectivity index (χ4v) is 8.30. The Morgan fingerprint density at radius 2 is 1.74 bits per heavy atom. The molecule has 2 aromatic rings. The van der Waals surface area contributed by atoms with Gasteiger partial charge in [0.05, 0.1) is 5.41 Å². The Labute approximate surface area is 206 Å². The highest BCUT2D eigenvalue weighted by Crippen LogP contribution is 2.60. The maximum absolute atomic E-state index is 13.8. The second-order valence-corrected chi connectivity index (χ2v) is 12.1. The Bertz CT molecular complexity index is 1020. The van der Waals surface area contributed by atoms with Crippen molar-refractivity contribution in [1.29, 1.82) is 0 Å². The predicted molar refractivity (Wildman–Crippen MR) is 134 cm³/mol. The standard InChI is InChI=1S/C28H33N3O2S/c32-26(30-23-5-7-24(8-6-23)34-18-19-3-1-9-29-17-19)25-4-2-10-31(25)27(33)28-14-20-11-21(15-28)13-22(12-20)16-28/h1,3,5-9,17,20-22,25H,2,4,10-16,18H2,(H,30,32)/t20?,21?,22?,25-,28?/m0/s1. The van der Waals surface area contributed by atoms with E-state index in [9.17, 15) is 9.59 Å². The van der Waals surface area contributed by atoms with Crippen LogP contribution in [0.2, 0.25) is 0 Å². The van der Waals surface area contributed by atoms with E-state index in [0.717, 1.165) is 72.7 Å². The molecule has 4 saturated carbocycles. The summed E-state index contributed by atoms with van der Waals surface area (Å²) in [5.74, 6) is 3.32. The van der Waals surface area contributed by atoms with E-state index in [0.29, 0.717) is 0 Å². The molecule has 4 bridgehead atoms. The molecule has 5 fully saturated rings. The van der Waals surface area contributed by atoms with Crippen LogP contribution in [-0.4, -0.2) is 34.3 Å². The molecule has 34 heavy (non-hydrogen) atoms. The first-order valence-corrected chi connectivity index (χ1v) is 13.8. The summed E-state index contributed by atoms with van der Waals surface area (Å²) >= 11 is 1.75. The zero-order valence-electron chi connectivity index (χ0n) is 19.6. The van der Waals surface area contributed by atoms with E-state index in [1.807, 2.05) is 41.4 Å². The van der Waals surface area contributed by atoms with Crippen molar-refractivity contribution in [3.05, 3.63) is 54.4 Å². The van der Waals surface area contributed by atoms with Crippen molar-refractivity contribution in [2.45, 2.75) is 68.1 Å². The lowest BCUT2D eigenvalue weighted by molar-refractivity contribution is -0.160. The summed E-state index contributed by atoms with van der Waals surface area (Å²) in [4.78, 5) is 34.3. The van der Waals surface area contributed by atoms with Gasteiger partial charge < -0.3 is 10.2 Å². The lowest BCUT2D eigenvalue weighted by atomic mass is 9.49. The quantitative estimate of drug-likeness (QED) is 0.559. The number of amides is 2. The van der Waals surface area contributed by atoms with Crippen LogP contribution in [0.1, 0.15) is 56.9 Å². The zero-order chi connectivity index (χ0) is 23.1. The predicted octanol–water partition coefficient (Wildman–Crippen LogP) is 5.52. The largest absolute Gasteiger partial charge is 0.330 e. The molecule has 5 nitrogen and oxygen atoms in total. The van der Waals surface area contributed by atoms with Gasteiger partial charge in [-0.25, -0.2) is 0 Å². The molecule has 6 heteroatoms. The van der Waals surface area contributed by atoms with Crippen LogP contribution in [0.4, 0.5) is 5.69 Å². The van der Waals surface area contributed by atoms with Crippen molar-refractivity contribution >= 4 is 29.3 Å². The minimum atomic E-state index is -0.333. The van der Waals surface area contributed by atoms with Crippen molar-refractivity contribution in [2.75, 3.05) is 11.9 Å². The molecule has 0 radical (unpaired) electrons. The highest BCUT2D eigenvalue weighted by Gasteiger charge is 2.56. The van der Waals surface area contributed by atoms with Gasteiger partial charge in [0.15, 0.2) is 0 Å². The molecule has 1 aliphatic heterocycles. The molecule has 2 amide bonds. The van der Waals surface area contributed by atoms with Crippen molar-refractivity contribution in [1.82, 2.24) is 9.88 Å². The Balaban J connectivity index is 1.09. The molecular weight excluding hydrogens is 442 g/mol. The molecule has 1 aromatic heterocycles. The fraction of sp³-hybridized carbons (Fsp3) is 0.536. The number of carbonyl (C=O) groups is 2. The van der Waals surface area contributed by atoms with E-state index < -0.39 is 0 Å². The van der Waals surface area contributed by atoms with Crippen LogP contribution in [0.3, 0.4) is 0 Å². The van der Waals surface area contributed by atoms with E-state index in [-0.39, 0.29) is 23.3 Å². The van der Waals surface area contributed by atoms with Crippen molar-refractivity contribution in [2.24, 2.45) is 23.2 Å². The molecule has 7 rings (SSSR count). The summed E-state index contributed by atoms with van der Waals surface area (Å²) in [6.45, 7) is 0.725. The van der Waals surface area contributed by atoms with Gasteiger partial charge in [0.2, 0.25) is 11.8 Å².